The van der Waals surface area contributed by atoms with Crippen molar-refractivity contribution in [2.24, 2.45) is 0 Å². The largest absolute Gasteiger partial charge is 0.482 e. The summed E-state index contributed by atoms with van der Waals surface area (Å²) in [5, 5.41) is 2.98. The van der Waals surface area contributed by atoms with E-state index in [0.29, 0.717) is 17.1 Å². The fourth-order valence-electron chi connectivity index (χ4n) is 3.58. The zero-order valence-electron chi connectivity index (χ0n) is 15.5. The lowest BCUT2D eigenvalue weighted by molar-refractivity contribution is -0.120. The van der Waals surface area contributed by atoms with E-state index in [-0.39, 0.29) is 24.6 Å². The van der Waals surface area contributed by atoms with Crippen molar-refractivity contribution in [3.8, 4) is 5.75 Å². The van der Waals surface area contributed by atoms with Crippen molar-refractivity contribution in [2.45, 2.75) is 38.1 Å². The highest BCUT2D eigenvalue weighted by Crippen LogP contribution is 2.34. The molecule has 1 aromatic rings. The normalized spacial score (nSPS) is 19.8. The molecule has 1 saturated heterocycles. The molecule has 1 unspecified atom stereocenters. The number of piperidine rings is 1. The molecule has 2 heterocycles. The molecule has 1 N–H and O–H groups in total. The molecule has 26 heavy (non-hydrogen) atoms. The van der Waals surface area contributed by atoms with E-state index in [2.05, 4.69) is 5.32 Å². The number of urea groups is 1. The number of hydrogen-bond donors (Lipinski definition) is 1. The lowest BCUT2D eigenvalue weighted by Crippen LogP contribution is -2.46. The molecule has 1 aromatic carbocycles. The number of amides is 3. The molecule has 3 rings (SSSR count). The molecule has 2 aliphatic rings. The number of rotatable bonds is 5. The number of carbonyl (C=O) groups excluding carboxylic acids is 2. The first-order chi connectivity index (χ1) is 12.6. The summed E-state index contributed by atoms with van der Waals surface area (Å²) in [5.74, 6) is 0.552. The third-order valence-corrected chi connectivity index (χ3v) is 5.07. The molecule has 7 heteroatoms. The number of carbonyl (C=O) groups is 2. The summed E-state index contributed by atoms with van der Waals surface area (Å²) in [6.07, 6.45) is 5.13. The van der Waals surface area contributed by atoms with E-state index in [4.69, 9.17) is 9.47 Å². The van der Waals surface area contributed by atoms with Gasteiger partial charge in [0.2, 0.25) is 0 Å². The molecular weight excluding hydrogens is 334 g/mol. The second-order valence-electron chi connectivity index (χ2n) is 6.83. The van der Waals surface area contributed by atoms with E-state index in [9.17, 15) is 9.59 Å². The minimum atomic E-state index is -0.102. The standard InChI is InChI=1S/C19H27N3O4/c1-21-16-12-14(8-9-17(16)26-13-18(21)23)20-19(24)22-10-4-3-6-15(22)7-5-11-25-2/h8-9,12,15H,3-7,10-11,13H2,1-2H3,(H,20,24). The molecule has 0 bridgehead atoms. The summed E-state index contributed by atoms with van der Waals surface area (Å²) in [6.45, 7) is 1.54. The molecule has 0 spiro atoms. The Morgan fingerprint density at radius 2 is 2.23 bits per heavy atom. The first kappa shape index (κ1) is 18.5. The number of anilines is 2. The minimum Gasteiger partial charge on any atom is -0.482 e. The molecular formula is C19H27N3O4. The predicted octanol–water partition coefficient (Wildman–Crippen LogP) is 2.85. The smallest absolute Gasteiger partial charge is 0.322 e. The van der Waals surface area contributed by atoms with Gasteiger partial charge >= 0.3 is 6.03 Å². The van der Waals surface area contributed by atoms with Crippen LogP contribution in [-0.4, -0.2) is 56.8 Å². The van der Waals surface area contributed by atoms with Crippen LogP contribution < -0.4 is 15.0 Å². The van der Waals surface area contributed by atoms with Crippen LogP contribution in [0.4, 0.5) is 16.2 Å². The van der Waals surface area contributed by atoms with E-state index < -0.39 is 0 Å². The Hall–Kier alpha value is -2.28. The monoisotopic (exact) mass is 361 g/mol. The van der Waals surface area contributed by atoms with Crippen LogP contribution in [0.15, 0.2) is 18.2 Å². The number of ether oxygens (including phenoxy) is 2. The quantitative estimate of drug-likeness (QED) is 0.819. The van der Waals surface area contributed by atoms with E-state index in [0.717, 1.165) is 45.3 Å². The van der Waals surface area contributed by atoms with Crippen molar-refractivity contribution in [3.63, 3.8) is 0 Å². The van der Waals surface area contributed by atoms with Crippen LogP contribution in [0.2, 0.25) is 0 Å². The highest BCUT2D eigenvalue weighted by atomic mass is 16.5. The number of nitrogens with one attached hydrogen (secondary N) is 1. The molecule has 3 amide bonds. The molecule has 7 nitrogen and oxygen atoms in total. The number of fused-ring (bicyclic) bond motifs is 1. The summed E-state index contributed by atoms with van der Waals surface area (Å²) < 4.78 is 10.6. The second-order valence-corrected chi connectivity index (χ2v) is 6.83. The fourth-order valence-corrected chi connectivity index (χ4v) is 3.58. The van der Waals surface area contributed by atoms with E-state index in [1.165, 1.54) is 0 Å². The van der Waals surface area contributed by atoms with Crippen LogP contribution in [0, 0.1) is 0 Å². The van der Waals surface area contributed by atoms with Crippen molar-refractivity contribution < 1.29 is 19.1 Å². The van der Waals surface area contributed by atoms with Gasteiger partial charge in [0.05, 0.1) is 5.69 Å². The van der Waals surface area contributed by atoms with Crippen molar-refractivity contribution in [1.82, 2.24) is 4.90 Å². The highest BCUT2D eigenvalue weighted by Gasteiger charge is 2.27. The zero-order valence-corrected chi connectivity index (χ0v) is 15.5. The van der Waals surface area contributed by atoms with Crippen molar-refractivity contribution in [3.05, 3.63) is 18.2 Å². The van der Waals surface area contributed by atoms with Gasteiger partial charge in [0.25, 0.3) is 5.91 Å². The van der Waals surface area contributed by atoms with Crippen molar-refractivity contribution >= 4 is 23.3 Å². The molecule has 0 radical (unpaired) electrons. The Morgan fingerprint density at radius 1 is 1.38 bits per heavy atom. The fraction of sp³-hybridized carbons (Fsp3) is 0.579. The summed E-state index contributed by atoms with van der Waals surface area (Å²) in [4.78, 5) is 28.1. The van der Waals surface area contributed by atoms with Crippen LogP contribution in [0.25, 0.3) is 0 Å². The lowest BCUT2D eigenvalue weighted by Gasteiger charge is -2.36. The van der Waals surface area contributed by atoms with E-state index >= 15 is 0 Å². The summed E-state index contributed by atoms with van der Waals surface area (Å²) >= 11 is 0. The third-order valence-electron chi connectivity index (χ3n) is 5.07. The number of likely N-dealkylation sites (N-methyl/N-ethyl adjacent to an activating group) is 1. The Balaban J connectivity index is 1.67. The topological polar surface area (TPSA) is 71.1 Å². The van der Waals surface area contributed by atoms with Gasteiger partial charge in [-0.2, -0.15) is 0 Å². The Labute approximate surface area is 154 Å². The molecule has 142 valence electrons. The summed E-state index contributed by atoms with van der Waals surface area (Å²) in [7, 11) is 3.42. The Bertz CT molecular complexity index is 664. The van der Waals surface area contributed by atoms with Gasteiger partial charge in [-0.05, 0) is 50.3 Å². The maximum Gasteiger partial charge on any atom is 0.322 e. The van der Waals surface area contributed by atoms with Gasteiger partial charge in [-0.25, -0.2) is 4.79 Å². The third kappa shape index (κ3) is 4.09. The number of methoxy groups -OCH3 is 1. The SMILES string of the molecule is COCCCC1CCCCN1C(=O)Nc1ccc2c(c1)N(C)C(=O)CO2. The number of hydrogen-bond acceptors (Lipinski definition) is 4. The molecule has 0 aliphatic carbocycles. The zero-order chi connectivity index (χ0) is 18.5. The molecule has 2 aliphatic heterocycles. The van der Waals surface area contributed by atoms with Gasteiger partial charge in [-0.1, -0.05) is 0 Å². The van der Waals surface area contributed by atoms with Gasteiger partial charge < -0.3 is 24.6 Å². The number of likely N-dealkylation sites (tertiary alicyclic amines) is 1. The van der Waals surface area contributed by atoms with Crippen molar-refractivity contribution in [1.29, 1.82) is 0 Å². The van der Waals surface area contributed by atoms with Crippen LogP contribution in [0.5, 0.6) is 5.75 Å². The minimum absolute atomic E-state index is 0.0478. The van der Waals surface area contributed by atoms with Gasteiger partial charge in [0.15, 0.2) is 6.61 Å². The Morgan fingerprint density at radius 3 is 3.04 bits per heavy atom. The molecule has 1 fully saturated rings. The van der Waals surface area contributed by atoms with Gasteiger partial charge in [-0.15, -0.1) is 0 Å². The van der Waals surface area contributed by atoms with Crippen LogP contribution in [-0.2, 0) is 9.53 Å². The first-order valence-corrected chi connectivity index (χ1v) is 9.20. The van der Waals surface area contributed by atoms with Gasteiger partial charge in [0, 0.05) is 39.0 Å². The van der Waals surface area contributed by atoms with Crippen LogP contribution in [0.1, 0.15) is 32.1 Å². The molecule has 0 saturated carbocycles. The summed E-state index contributed by atoms with van der Waals surface area (Å²) in [5.41, 5.74) is 1.34. The van der Waals surface area contributed by atoms with E-state index in [1.54, 1.807) is 31.2 Å². The van der Waals surface area contributed by atoms with Crippen LogP contribution >= 0.6 is 0 Å². The van der Waals surface area contributed by atoms with Gasteiger partial charge in [-0.3, -0.25) is 4.79 Å². The van der Waals surface area contributed by atoms with Crippen molar-refractivity contribution in [2.75, 3.05) is 44.1 Å². The number of benzene rings is 1. The lowest BCUT2D eigenvalue weighted by atomic mass is 9.98. The van der Waals surface area contributed by atoms with Crippen LogP contribution in [0.3, 0.4) is 0 Å². The first-order valence-electron chi connectivity index (χ1n) is 9.20. The second kappa shape index (κ2) is 8.40. The molecule has 1 atom stereocenters. The summed E-state index contributed by atoms with van der Waals surface area (Å²) in [6, 6.07) is 5.56. The average molecular weight is 361 g/mol. The number of nitrogens with zero attached hydrogens (tertiary/aromatic N) is 2. The van der Waals surface area contributed by atoms with E-state index in [1.807, 2.05) is 11.0 Å². The highest BCUT2D eigenvalue weighted by molar-refractivity contribution is 5.99. The average Bonchev–Trinajstić information content (AvgIpc) is 2.66. The maximum atomic E-state index is 12.8. The van der Waals surface area contributed by atoms with Gasteiger partial charge in [0.1, 0.15) is 5.75 Å². The molecule has 0 aromatic heterocycles. The Kier molecular flexibility index (Phi) is 5.98. The maximum absolute atomic E-state index is 12.8. The predicted molar refractivity (Wildman–Crippen MR) is 99.8 cm³/mol.